The van der Waals surface area contributed by atoms with Gasteiger partial charge in [0.1, 0.15) is 5.82 Å². The number of ether oxygens (including phenoxy) is 1. The second-order valence-corrected chi connectivity index (χ2v) is 5.94. The van der Waals surface area contributed by atoms with Gasteiger partial charge in [0, 0.05) is 12.1 Å². The van der Waals surface area contributed by atoms with E-state index < -0.39 is 21.8 Å². The zero-order chi connectivity index (χ0) is 13.5. The van der Waals surface area contributed by atoms with Crippen LogP contribution in [0, 0.1) is 5.82 Å². The number of hydrogen-bond acceptors (Lipinski definition) is 4. The van der Waals surface area contributed by atoms with Crippen LogP contribution < -0.4 is 4.31 Å². The average molecular weight is 273 g/mol. The van der Waals surface area contributed by atoms with Crippen molar-refractivity contribution in [2.75, 3.05) is 24.2 Å². The summed E-state index contributed by atoms with van der Waals surface area (Å²) in [6, 6.07) is 2.41. The Labute approximate surface area is 104 Å². The third-order valence-corrected chi connectivity index (χ3v) is 4.01. The second-order valence-electron chi connectivity index (χ2n) is 4.03. The maximum atomic E-state index is 13.8. The summed E-state index contributed by atoms with van der Waals surface area (Å²) in [5, 5.41) is 0. The number of rotatable bonds is 2. The van der Waals surface area contributed by atoms with E-state index in [0.29, 0.717) is 12.0 Å². The van der Waals surface area contributed by atoms with Crippen LogP contribution in [0.5, 0.6) is 0 Å². The molecule has 0 unspecified atom stereocenters. The molecule has 1 heterocycles. The first-order valence-electron chi connectivity index (χ1n) is 5.23. The van der Waals surface area contributed by atoms with Crippen LogP contribution in [0.25, 0.3) is 0 Å². The molecular weight excluding hydrogens is 261 g/mol. The number of carbonyl (C=O) groups excluding carboxylic acids is 1. The van der Waals surface area contributed by atoms with Gasteiger partial charge in [0.15, 0.2) is 0 Å². The highest BCUT2D eigenvalue weighted by Crippen LogP contribution is 2.33. The lowest BCUT2D eigenvalue weighted by Gasteiger charge is -2.17. The van der Waals surface area contributed by atoms with Crippen LogP contribution >= 0.6 is 0 Å². The summed E-state index contributed by atoms with van der Waals surface area (Å²) in [5.74, 6) is -1.28. The molecule has 0 amide bonds. The molecule has 0 bridgehead atoms. The van der Waals surface area contributed by atoms with Crippen molar-refractivity contribution in [1.82, 2.24) is 0 Å². The molecule has 0 spiro atoms. The van der Waals surface area contributed by atoms with E-state index in [1.165, 1.54) is 13.2 Å². The molecule has 0 fully saturated rings. The molecule has 2 rings (SSSR count). The van der Waals surface area contributed by atoms with Crippen LogP contribution in [0.4, 0.5) is 10.1 Å². The van der Waals surface area contributed by atoms with Gasteiger partial charge in [0.25, 0.3) is 0 Å². The first-order valence-corrected chi connectivity index (χ1v) is 7.08. The number of carbonyl (C=O) groups is 1. The number of benzene rings is 1. The minimum Gasteiger partial charge on any atom is -0.465 e. The number of nitrogens with zero attached hydrogens (tertiary/aromatic N) is 1. The fourth-order valence-corrected chi connectivity index (χ4v) is 2.95. The smallest absolute Gasteiger partial charge is 0.338 e. The monoisotopic (exact) mass is 273 g/mol. The van der Waals surface area contributed by atoms with Gasteiger partial charge in [0.2, 0.25) is 10.0 Å². The fraction of sp³-hybridized carbons (Fsp3) is 0.364. The standard InChI is InChI=1S/C11H12FNO4S/c1-17-11(14)7-5-9(12)8-3-4-13(10(8)6-7)18(2,15)16/h5-6H,3-4H2,1-2H3. The molecule has 1 aromatic rings. The fourth-order valence-electron chi connectivity index (χ4n) is 2.01. The molecule has 0 saturated carbocycles. The Balaban J connectivity index is 2.58. The molecule has 0 radical (unpaired) electrons. The minimum atomic E-state index is -3.47. The van der Waals surface area contributed by atoms with Crippen molar-refractivity contribution in [3.63, 3.8) is 0 Å². The summed E-state index contributed by atoms with van der Waals surface area (Å²) in [5.41, 5.74) is 0.537. The van der Waals surface area contributed by atoms with Crippen molar-refractivity contribution in [2.24, 2.45) is 0 Å². The highest BCUT2D eigenvalue weighted by atomic mass is 32.2. The van der Waals surface area contributed by atoms with E-state index in [9.17, 15) is 17.6 Å². The topological polar surface area (TPSA) is 63.7 Å². The third kappa shape index (κ3) is 2.05. The first kappa shape index (κ1) is 12.8. The third-order valence-electron chi connectivity index (χ3n) is 2.83. The Bertz CT molecular complexity index is 612. The van der Waals surface area contributed by atoms with Gasteiger partial charge in [-0.15, -0.1) is 0 Å². The Hall–Kier alpha value is -1.63. The maximum Gasteiger partial charge on any atom is 0.338 e. The van der Waals surface area contributed by atoms with Gasteiger partial charge in [-0.25, -0.2) is 17.6 Å². The largest absolute Gasteiger partial charge is 0.465 e. The lowest BCUT2D eigenvalue weighted by atomic mass is 10.1. The lowest BCUT2D eigenvalue weighted by molar-refractivity contribution is 0.0600. The summed E-state index contributed by atoms with van der Waals surface area (Å²) in [6.45, 7) is 0.190. The zero-order valence-electron chi connectivity index (χ0n) is 9.94. The van der Waals surface area contributed by atoms with Crippen LogP contribution in [-0.4, -0.2) is 34.3 Å². The van der Waals surface area contributed by atoms with E-state index in [1.54, 1.807) is 0 Å². The molecule has 0 aliphatic carbocycles. The number of methoxy groups -OCH3 is 1. The number of anilines is 1. The van der Waals surface area contributed by atoms with Gasteiger partial charge < -0.3 is 4.74 Å². The molecule has 7 heteroatoms. The van der Waals surface area contributed by atoms with Gasteiger partial charge in [0.05, 0.1) is 24.6 Å². The average Bonchev–Trinajstić information content (AvgIpc) is 2.71. The van der Waals surface area contributed by atoms with E-state index in [1.807, 2.05) is 0 Å². The van der Waals surface area contributed by atoms with Gasteiger partial charge in [-0.1, -0.05) is 0 Å². The van der Waals surface area contributed by atoms with Crippen LogP contribution in [0.15, 0.2) is 12.1 Å². The summed E-state index contributed by atoms with van der Waals surface area (Å²) in [7, 11) is -2.29. The van der Waals surface area contributed by atoms with E-state index in [-0.39, 0.29) is 17.8 Å². The van der Waals surface area contributed by atoms with Crippen molar-refractivity contribution in [1.29, 1.82) is 0 Å². The Morgan fingerprint density at radius 2 is 2.11 bits per heavy atom. The maximum absolute atomic E-state index is 13.8. The van der Waals surface area contributed by atoms with Gasteiger partial charge in [-0.3, -0.25) is 4.31 Å². The van der Waals surface area contributed by atoms with Crippen LogP contribution in [0.1, 0.15) is 15.9 Å². The van der Waals surface area contributed by atoms with Gasteiger partial charge in [-0.2, -0.15) is 0 Å². The highest BCUT2D eigenvalue weighted by molar-refractivity contribution is 7.92. The molecule has 1 aliphatic heterocycles. The predicted octanol–water partition coefficient (Wildman–Crippen LogP) is 0.934. The van der Waals surface area contributed by atoms with Crippen molar-refractivity contribution < 1.29 is 22.3 Å². The van der Waals surface area contributed by atoms with E-state index in [2.05, 4.69) is 4.74 Å². The van der Waals surface area contributed by atoms with Crippen molar-refractivity contribution in [3.8, 4) is 0 Å². The Morgan fingerprint density at radius 3 is 2.67 bits per heavy atom. The predicted molar refractivity (Wildman–Crippen MR) is 63.6 cm³/mol. The number of hydrogen-bond donors (Lipinski definition) is 0. The van der Waals surface area contributed by atoms with Gasteiger partial charge in [-0.05, 0) is 18.6 Å². The number of fused-ring (bicyclic) bond motifs is 1. The van der Waals surface area contributed by atoms with Gasteiger partial charge >= 0.3 is 5.97 Å². The molecule has 1 aromatic carbocycles. The van der Waals surface area contributed by atoms with Crippen LogP contribution in [-0.2, 0) is 21.2 Å². The molecule has 1 aliphatic rings. The molecule has 0 atom stereocenters. The molecule has 0 aromatic heterocycles. The molecule has 98 valence electrons. The highest BCUT2D eigenvalue weighted by Gasteiger charge is 2.29. The second kappa shape index (κ2) is 4.24. The molecule has 0 saturated heterocycles. The summed E-state index contributed by atoms with van der Waals surface area (Å²) in [4.78, 5) is 11.4. The lowest BCUT2D eigenvalue weighted by Crippen LogP contribution is -2.27. The molecule has 5 nitrogen and oxygen atoms in total. The summed E-state index contributed by atoms with van der Waals surface area (Å²) >= 11 is 0. The van der Waals surface area contributed by atoms with E-state index >= 15 is 0 Å². The Morgan fingerprint density at radius 1 is 1.44 bits per heavy atom. The molecular formula is C11H12FNO4S. The Kier molecular flexibility index (Phi) is 3.02. The first-order chi connectivity index (χ1) is 8.34. The zero-order valence-corrected chi connectivity index (χ0v) is 10.8. The van der Waals surface area contributed by atoms with Crippen molar-refractivity contribution in [3.05, 3.63) is 29.1 Å². The normalized spacial score (nSPS) is 14.5. The van der Waals surface area contributed by atoms with Crippen LogP contribution in [0.2, 0.25) is 0 Å². The van der Waals surface area contributed by atoms with Crippen molar-refractivity contribution >= 4 is 21.7 Å². The SMILES string of the molecule is COC(=O)c1cc(F)c2c(c1)N(S(C)(=O)=O)CC2. The van der Waals surface area contributed by atoms with E-state index in [4.69, 9.17) is 0 Å². The summed E-state index contributed by atoms with van der Waals surface area (Å²) in [6.07, 6.45) is 1.35. The summed E-state index contributed by atoms with van der Waals surface area (Å²) < 4.78 is 42.5. The van der Waals surface area contributed by atoms with Crippen LogP contribution in [0.3, 0.4) is 0 Å². The number of halogens is 1. The number of sulfonamides is 1. The minimum absolute atomic E-state index is 0.00398. The van der Waals surface area contributed by atoms with Crippen molar-refractivity contribution in [2.45, 2.75) is 6.42 Å². The molecule has 0 N–H and O–H groups in total. The van der Waals surface area contributed by atoms with E-state index in [0.717, 1.165) is 16.6 Å². The number of esters is 1. The quantitative estimate of drug-likeness (QED) is 0.752. The molecule has 18 heavy (non-hydrogen) atoms.